The number of carbonyl (C=O) groups is 1. The molecule has 0 saturated heterocycles. The third kappa shape index (κ3) is 2.74. The molecule has 0 spiro atoms. The first-order valence-corrected chi connectivity index (χ1v) is 8.85. The first kappa shape index (κ1) is 16.7. The molecule has 1 heterocycles. The molecule has 0 unspecified atom stereocenters. The Morgan fingerprint density at radius 1 is 1.25 bits per heavy atom. The lowest BCUT2D eigenvalue weighted by Gasteiger charge is -2.20. The van der Waals surface area contributed by atoms with E-state index in [1.165, 1.54) is 37.4 Å². The Bertz CT molecular complexity index is 930. The number of ether oxygens (including phenoxy) is 1. The van der Waals surface area contributed by atoms with Crippen LogP contribution in [-0.2, 0) is 21.2 Å². The molecule has 1 aliphatic rings. The van der Waals surface area contributed by atoms with E-state index in [1.807, 2.05) is 0 Å². The van der Waals surface area contributed by atoms with E-state index in [4.69, 9.17) is 11.6 Å². The van der Waals surface area contributed by atoms with Gasteiger partial charge in [-0.2, -0.15) is 0 Å². The summed E-state index contributed by atoms with van der Waals surface area (Å²) in [6.07, 6.45) is 0.493. The Morgan fingerprint density at radius 3 is 2.67 bits per heavy atom. The summed E-state index contributed by atoms with van der Waals surface area (Å²) in [6, 6.07) is 7.88. The fourth-order valence-corrected chi connectivity index (χ4v) is 4.66. The third-order valence-electron chi connectivity index (χ3n) is 3.82. The highest BCUT2D eigenvalue weighted by Gasteiger charge is 2.32. The molecule has 2 aromatic carbocycles. The molecule has 0 N–H and O–H groups in total. The fraction of sp³-hybridized carbons (Fsp3) is 0.188. The first-order chi connectivity index (χ1) is 11.3. The quantitative estimate of drug-likeness (QED) is 0.780. The third-order valence-corrected chi connectivity index (χ3v) is 6.12. The van der Waals surface area contributed by atoms with Gasteiger partial charge in [0.05, 0.1) is 23.4 Å². The number of sulfonamides is 1. The average Bonchev–Trinajstić information content (AvgIpc) is 2.97. The molecule has 0 bridgehead atoms. The van der Waals surface area contributed by atoms with Crippen molar-refractivity contribution in [1.82, 2.24) is 0 Å². The summed E-state index contributed by atoms with van der Waals surface area (Å²) < 4.78 is 45.0. The summed E-state index contributed by atoms with van der Waals surface area (Å²) in [6.45, 7) is 0.205. The van der Waals surface area contributed by atoms with Gasteiger partial charge in [0.1, 0.15) is 10.7 Å². The van der Waals surface area contributed by atoms with Gasteiger partial charge in [0.15, 0.2) is 0 Å². The SMILES string of the molecule is COC(=O)c1ccc(S(=O)(=O)N2CCc3ccc(F)cc32)c(Cl)c1. The van der Waals surface area contributed by atoms with Crippen LogP contribution in [0.25, 0.3) is 0 Å². The number of rotatable bonds is 3. The highest BCUT2D eigenvalue weighted by atomic mass is 35.5. The second kappa shape index (κ2) is 6.07. The van der Waals surface area contributed by atoms with E-state index in [0.717, 1.165) is 9.87 Å². The van der Waals surface area contributed by atoms with Gasteiger partial charge in [0, 0.05) is 6.54 Å². The molecule has 0 fully saturated rings. The van der Waals surface area contributed by atoms with Gasteiger partial charge in [-0.3, -0.25) is 4.31 Å². The minimum absolute atomic E-state index is 0.0947. The van der Waals surface area contributed by atoms with Gasteiger partial charge in [-0.05, 0) is 42.3 Å². The van der Waals surface area contributed by atoms with E-state index in [2.05, 4.69) is 4.74 Å². The van der Waals surface area contributed by atoms with Crippen molar-refractivity contribution in [2.24, 2.45) is 0 Å². The number of hydrogen-bond donors (Lipinski definition) is 0. The zero-order chi connectivity index (χ0) is 17.5. The van der Waals surface area contributed by atoms with Crippen LogP contribution in [0.5, 0.6) is 0 Å². The number of benzene rings is 2. The van der Waals surface area contributed by atoms with E-state index in [0.29, 0.717) is 12.1 Å². The predicted octanol–water partition coefficient (Wildman–Crippen LogP) is 3.02. The fourth-order valence-electron chi connectivity index (χ4n) is 2.65. The second-order valence-corrected chi connectivity index (χ2v) is 7.47. The summed E-state index contributed by atoms with van der Waals surface area (Å²) in [4.78, 5) is 11.4. The average molecular weight is 370 g/mol. The molecule has 0 radical (unpaired) electrons. The first-order valence-electron chi connectivity index (χ1n) is 7.03. The van der Waals surface area contributed by atoms with Crippen molar-refractivity contribution in [1.29, 1.82) is 0 Å². The molecule has 2 aromatic rings. The molecule has 126 valence electrons. The summed E-state index contributed by atoms with van der Waals surface area (Å²) in [5, 5.41) is -0.0947. The largest absolute Gasteiger partial charge is 0.465 e. The normalized spacial score (nSPS) is 13.7. The van der Waals surface area contributed by atoms with Crippen LogP contribution in [0, 0.1) is 5.82 Å². The monoisotopic (exact) mass is 369 g/mol. The number of carbonyl (C=O) groups excluding carboxylic acids is 1. The molecule has 0 amide bonds. The maximum absolute atomic E-state index is 13.5. The van der Waals surface area contributed by atoms with Gasteiger partial charge < -0.3 is 4.74 Å². The van der Waals surface area contributed by atoms with Crippen molar-refractivity contribution in [3.8, 4) is 0 Å². The predicted molar refractivity (Wildman–Crippen MR) is 87.4 cm³/mol. The van der Waals surface area contributed by atoms with E-state index in [1.54, 1.807) is 6.07 Å². The molecule has 3 rings (SSSR count). The van der Waals surface area contributed by atoms with Crippen LogP contribution in [0.1, 0.15) is 15.9 Å². The van der Waals surface area contributed by atoms with Crippen LogP contribution in [0.3, 0.4) is 0 Å². The summed E-state index contributed by atoms with van der Waals surface area (Å²) >= 11 is 6.06. The van der Waals surface area contributed by atoms with E-state index in [-0.39, 0.29) is 22.0 Å². The van der Waals surface area contributed by atoms with E-state index >= 15 is 0 Å². The summed E-state index contributed by atoms with van der Waals surface area (Å²) in [5.41, 5.74) is 1.21. The van der Waals surface area contributed by atoms with Crippen molar-refractivity contribution in [2.45, 2.75) is 11.3 Å². The molecule has 0 saturated carbocycles. The van der Waals surface area contributed by atoms with E-state index < -0.39 is 21.8 Å². The van der Waals surface area contributed by atoms with Crippen LogP contribution in [0.4, 0.5) is 10.1 Å². The maximum atomic E-state index is 13.5. The Morgan fingerprint density at radius 2 is 2.00 bits per heavy atom. The summed E-state index contributed by atoms with van der Waals surface area (Å²) in [7, 11) is -2.75. The molecular formula is C16H13ClFNO4S. The van der Waals surface area contributed by atoms with Crippen molar-refractivity contribution in [3.63, 3.8) is 0 Å². The topological polar surface area (TPSA) is 63.7 Å². The highest BCUT2D eigenvalue weighted by Crippen LogP contribution is 2.35. The lowest BCUT2D eigenvalue weighted by Crippen LogP contribution is -2.29. The number of anilines is 1. The lowest BCUT2D eigenvalue weighted by molar-refractivity contribution is 0.0600. The molecule has 0 aliphatic carbocycles. The Balaban J connectivity index is 2.04. The second-order valence-electron chi connectivity index (χ2n) is 5.24. The van der Waals surface area contributed by atoms with Crippen LogP contribution >= 0.6 is 11.6 Å². The summed E-state index contributed by atoms with van der Waals surface area (Å²) in [5.74, 6) is -1.13. The van der Waals surface area contributed by atoms with Crippen LogP contribution in [0.15, 0.2) is 41.3 Å². The number of nitrogens with zero attached hydrogens (tertiary/aromatic N) is 1. The molecule has 0 atom stereocenters. The van der Waals surface area contributed by atoms with Crippen LogP contribution in [-0.4, -0.2) is 28.0 Å². The number of esters is 1. The van der Waals surface area contributed by atoms with E-state index in [9.17, 15) is 17.6 Å². The van der Waals surface area contributed by atoms with Gasteiger partial charge in [0.2, 0.25) is 0 Å². The Labute approximate surface area is 143 Å². The highest BCUT2D eigenvalue weighted by molar-refractivity contribution is 7.93. The van der Waals surface area contributed by atoms with Crippen LogP contribution in [0.2, 0.25) is 5.02 Å². The molecule has 1 aliphatic heterocycles. The van der Waals surface area contributed by atoms with Gasteiger partial charge in [-0.15, -0.1) is 0 Å². The van der Waals surface area contributed by atoms with Gasteiger partial charge in [-0.25, -0.2) is 17.6 Å². The standard InChI is InChI=1S/C16H13ClFNO4S/c1-23-16(20)11-3-5-15(13(17)8-11)24(21,22)19-7-6-10-2-4-12(18)9-14(10)19/h2-5,8-9H,6-7H2,1H3. The van der Waals surface area contributed by atoms with Crippen molar-refractivity contribution in [2.75, 3.05) is 18.0 Å². The minimum atomic E-state index is -3.97. The number of halogens is 2. The smallest absolute Gasteiger partial charge is 0.337 e. The molecule has 5 nitrogen and oxygen atoms in total. The number of methoxy groups -OCH3 is 1. The lowest BCUT2D eigenvalue weighted by atomic mass is 10.2. The van der Waals surface area contributed by atoms with Gasteiger partial charge >= 0.3 is 5.97 Å². The maximum Gasteiger partial charge on any atom is 0.337 e. The number of fused-ring (bicyclic) bond motifs is 1. The number of hydrogen-bond acceptors (Lipinski definition) is 4. The molecule has 0 aromatic heterocycles. The van der Waals surface area contributed by atoms with Crippen molar-refractivity contribution >= 4 is 33.3 Å². The minimum Gasteiger partial charge on any atom is -0.465 e. The zero-order valence-electron chi connectivity index (χ0n) is 12.6. The zero-order valence-corrected chi connectivity index (χ0v) is 14.2. The Hall–Kier alpha value is -2.12. The van der Waals surface area contributed by atoms with Gasteiger partial charge in [-0.1, -0.05) is 17.7 Å². The Kier molecular flexibility index (Phi) is 4.23. The van der Waals surface area contributed by atoms with Gasteiger partial charge in [0.25, 0.3) is 10.0 Å². The molecule has 24 heavy (non-hydrogen) atoms. The van der Waals surface area contributed by atoms with Crippen molar-refractivity contribution in [3.05, 3.63) is 58.4 Å². The van der Waals surface area contributed by atoms with Crippen LogP contribution < -0.4 is 4.31 Å². The van der Waals surface area contributed by atoms with Crippen molar-refractivity contribution < 1.29 is 22.3 Å². The molecule has 8 heteroatoms. The molecular weight excluding hydrogens is 357 g/mol.